The summed E-state index contributed by atoms with van der Waals surface area (Å²) in [5, 5.41) is 5.83. The zero-order chi connectivity index (χ0) is 13.0. The van der Waals surface area contributed by atoms with E-state index in [-0.39, 0.29) is 5.60 Å². The Morgan fingerprint density at radius 2 is 2.11 bits per heavy atom. The average molecular weight is 244 g/mol. The molecule has 1 aromatic heterocycles. The lowest BCUT2D eigenvalue weighted by atomic mass is 10.1. The second-order valence-electron chi connectivity index (χ2n) is 5.04. The Bertz CT molecular complexity index is 517. The lowest BCUT2D eigenvalue weighted by Crippen LogP contribution is -2.25. The summed E-state index contributed by atoms with van der Waals surface area (Å²) in [4.78, 5) is 4.18. The number of methoxy groups -OCH3 is 1. The summed E-state index contributed by atoms with van der Waals surface area (Å²) < 4.78 is 5.41. The molecular weight excluding hydrogens is 224 g/mol. The number of ether oxygens (including phenoxy) is 1. The van der Waals surface area contributed by atoms with Crippen molar-refractivity contribution >= 4 is 16.5 Å². The molecule has 0 spiro atoms. The molecule has 2 rings (SSSR count). The van der Waals surface area contributed by atoms with Crippen LogP contribution in [-0.4, -0.2) is 24.2 Å². The Morgan fingerprint density at radius 1 is 1.28 bits per heavy atom. The Hall–Kier alpha value is -1.61. The van der Waals surface area contributed by atoms with Crippen LogP contribution in [0.3, 0.4) is 0 Å². The molecule has 2 aromatic rings. The summed E-state index contributed by atoms with van der Waals surface area (Å²) in [5.74, 6) is 0. The zero-order valence-electron chi connectivity index (χ0n) is 11.2. The first-order valence-corrected chi connectivity index (χ1v) is 6.24. The van der Waals surface area contributed by atoms with Gasteiger partial charge in [0, 0.05) is 37.1 Å². The molecule has 3 nitrogen and oxygen atoms in total. The predicted octanol–water partition coefficient (Wildman–Crippen LogP) is 3.46. The number of anilines is 1. The monoisotopic (exact) mass is 244 g/mol. The summed E-state index contributed by atoms with van der Waals surface area (Å²) in [7, 11) is 1.75. The molecule has 0 saturated heterocycles. The van der Waals surface area contributed by atoms with Crippen molar-refractivity contribution in [3.8, 4) is 0 Å². The van der Waals surface area contributed by atoms with Crippen molar-refractivity contribution in [2.45, 2.75) is 25.9 Å². The number of nitrogens with zero attached hydrogens (tertiary/aromatic N) is 1. The van der Waals surface area contributed by atoms with Crippen molar-refractivity contribution in [1.82, 2.24) is 4.98 Å². The van der Waals surface area contributed by atoms with Crippen molar-refractivity contribution in [2.75, 3.05) is 19.0 Å². The molecule has 18 heavy (non-hydrogen) atoms. The SMILES string of the molecule is COC(C)(C)CCNc1cccc2ccncc12. The van der Waals surface area contributed by atoms with E-state index in [9.17, 15) is 0 Å². The summed E-state index contributed by atoms with van der Waals surface area (Å²) in [5.41, 5.74) is 1.04. The van der Waals surface area contributed by atoms with Gasteiger partial charge in [-0.15, -0.1) is 0 Å². The number of benzene rings is 1. The van der Waals surface area contributed by atoms with Gasteiger partial charge < -0.3 is 10.1 Å². The van der Waals surface area contributed by atoms with Crippen LogP contribution in [0.1, 0.15) is 20.3 Å². The second kappa shape index (κ2) is 5.36. The normalized spacial score (nSPS) is 11.7. The summed E-state index contributed by atoms with van der Waals surface area (Å²) >= 11 is 0. The molecule has 0 fully saturated rings. The number of nitrogens with one attached hydrogen (secondary N) is 1. The maximum atomic E-state index is 5.41. The zero-order valence-corrected chi connectivity index (χ0v) is 11.2. The van der Waals surface area contributed by atoms with Crippen molar-refractivity contribution in [3.05, 3.63) is 36.7 Å². The summed E-state index contributed by atoms with van der Waals surface area (Å²) in [6.45, 7) is 5.08. The van der Waals surface area contributed by atoms with E-state index in [1.165, 1.54) is 5.39 Å². The fraction of sp³-hybridized carbons (Fsp3) is 0.400. The summed E-state index contributed by atoms with van der Waals surface area (Å²) in [6, 6.07) is 8.27. The molecule has 0 atom stereocenters. The third-order valence-corrected chi connectivity index (χ3v) is 3.28. The minimum Gasteiger partial charge on any atom is -0.384 e. The van der Waals surface area contributed by atoms with Crippen LogP contribution in [0.4, 0.5) is 5.69 Å². The van der Waals surface area contributed by atoms with Crippen LogP contribution in [0, 0.1) is 0 Å². The first-order valence-electron chi connectivity index (χ1n) is 6.24. The molecule has 0 aliphatic carbocycles. The minimum atomic E-state index is -0.0875. The van der Waals surface area contributed by atoms with Gasteiger partial charge in [-0.25, -0.2) is 0 Å². The van der Waals surface area contributed by atoms with E-state index in [0.717, 1.165) is 24.0 Å². The van der Waals surface area contributed by atoms with Crippen LogP contribution < -0.4 is 5.32 Å². The van der Waals surface area contributed by atoms with E-state index in [1.807, 2.05) is 18.5 Å². The fourth-order valence-corrected chi connectivity index (χ4v) is 1.87. The van der Waals surface area contributed by atoms with Crippen LogP contribution in [0.2, 0.25) is 0 Å². The molecule has 0 radical (unpaired) electrons. The topological polar surface area (TPSA) is 34.1 Å². The molecule has 0 amide bonds. The molecule has 1 N–H and O–H groups in total. The van der Waals surface area contributed by atoms with Crippen molar-refractivity contribution in [2.24, 2.45) is 0 Å². The highest BCUT2D eigenvalue weighted by Gasteiger charge is 2.15. The Balaban J connectivity index is 2.08. The van der Waals surface area contributed by atoms with Gasteiger partial charge in [-0.05, 0) is 37.8 Å². The van der Waals surface area contributed by atoms with Gasteiger partial charge >= 0.3 is 0 Å². The van der Waals surface area contributed by atoms with Gasteiger partial charge in [0.25, 0.3) is 0 Å². The van der Waals surface area contributed by atoms with E-state index in [2.05, 4.69) is 42.3 Å². The molecule has 1 aromatic carbocycles. The van der Waals surface area contributed by atoms with Crippen LogP contribution in [0.15, 0.2) is 36.7 Å². The highest BCUT2D eigenvalue weighted by Crippen LogP contribution is 2.22. The van der Waals surface area contributed by atoms with E-state index >= 15 is 0 Å². The van der Waals surface area contributed by atoms with Crippen molar-refractivity contribution in [1.29, 1.82) is 0 Å². The van der Waals surface area contributed by atoms with Crippen LogP contribution in [0.5, 0.6) is 0 Å². The molecule has 0 unspecified atom stereocenters. The van der Waals surface area contributed by atoms with Crippen LogP contribution in [-0.2, 0) is 4.74 Å². The first kappa shape index (κ1) is 12.8. The molecule has 0 bridgehead atoms. The fourth-order valence-electron chi connectivity index (χ4n) is 1.87. The van der Waals surface area contributed by atoms with Gasteiger partial charge in [-0.3, -0.25) is 4.98 Å². The standard InChI is InChI=1S/C15H20N2O/c1-15(2,18-3)8-10-17-14-6-4-5-12-7-9-16-11-13(12)14/h4-7,9,11,17H,8,10H2,1-3H3. The van der Waals surface area contributed by atoms with Gasteiger partial charge in [-0.2, -0.15) is 0 Å². The van der Waals surface area contributed by atoms with Gasteiger partial charge in [0.2, 0.25) is 0 Å². The molecule has 0 aliphatic rings. The highest BCUT2D eigenvalue weighted by molar-refractivity contribution is 5.92. The molecule has 1 heterocycles. The third-order valence-electron chi connectivity index (χ3n) is 3.28. The Labute approximate surface area is 108 Å². The Morgan fingerprint density at radius 3 is 2.89 bits per heavy atom. The van der Waals surface area contributed by atoms with E-state index in [0.29, 0.717) is 0 Å². The number of hydrogen-bond acceptors (Lipinski definition) is 3. The van der Waals surface area contributed by atoms with Crippen LogP contribution >= 0.6 is 0 Å². The smallest absolute Gasteiger partial charge is 0.0639 e. The van der Waals surface area contributed by atoms with Crippen molar-refractivity contribution < 1.29 is 4.74 Å². The predicted molar refractivity (Wildman–Crippen MR) is 75.9 cm³/mol. The van der Waals surface area contributed by atoms with Gasteiger partial charge in [0.15, 0.2) is 0 Å². The average Bonchev–Trinajstić information content (AvgIpc) is 2.39. The van der Waals surface area contributed by atoms with Gasteiger partial charge in [0.1, 0.15) is 0 Å². The number of fused-ring (bicyclic) bond motifs is 1. The quantitative estimate of drug-likeness (QED) is 0.874. The molecular formula is C15H20N2O. The van der Waals surface area contributed by atoms with Crippen molar-refractivity contribution in [3.63, 3.8) is 0 Å². The maximum Gasteiger partial charge on any atom is 0.0639 e. The number of rotatable bonds is 5. The minimum absolute atomic E-state index is 0.0875. The first-order chi connectivity index (χ1) is 8.62. The molecule has 3 heteroatoms. The van der Waals surface area contributed by atoms with E-state index in [1.54, 1.807) is 7.11 Å². The lowest BCUT2D eigenvalue weighted by Gasteiger charge is -2.23. The molecule has 96 valence electrons. The summed E-state index contributed by atoms with van der Waals surface area (Å²) in [6.07, 6.45) is 4.68. The van der Waals surface area contributed by atoms with Crippen LogP contribution in [0.25, 0.3) is 10.8 Å². The molecule has 0 saturated carbocycles. The second-order valence-corrected chi connectivity index (χ2v) is 5.04. The number of pyridine rings is 1. The largest absolute Gasteiger partial charge is 0.384 e. The Kier molecular flexibility index (Phi) is 3.82. The van der Waals surface area contributed by atoms with Gasteiger partial charge in [-0.1, -0.05) is 12.1 Å². The number of hydrogen-bond donors (Lipinski definition) is 1. The number of aromatic nitrogens is 1. The van der Waals surface area contributed by atoms with E-state index in [4.69, 9.17) is 4.74 Å². The maximum absolute atomic E-state index is 5.41. The molecule has 0 aliphatic heterocycles. The van der Waals surface area contributed by atoms with Gasteiger partial charge in [0.05, 0.1) is 5.60 Å². The van der Waals surface area contributed by atoms with E-state index < -0.39 is 0 Å². The highest BCUT2D eigenvalue weighted by atomic mass is 16.5. The lowest BCUT2D eigenvalue weighted by molar-refractivity contribution is 0.0185. The third kappa shape index (κ3) is 2.99.